The van der Waals surface area contributed by atoms with Gasteiger partial charge in [0, 0.05) is 6.42 Å². The van der Waals surface area contributed by atoms with Crippen molar-refractivity contribution in [3.05, 3.63) is 0 Å². The number of hydrogen-bond acceptors (Lipinski definition) is 0. The molecule has 0 aliphatic carbocycles. The van der Waals surface area contributed by atoms with Crippen LogP contribution in [0.4, 0.5) is 74.6 Å². The standard InChI is InChI=1S/C13H11F17/c14-7(10(19,20)21,11(22,23)24)4-2-1-3-6(9(16,17)18)5-8(15,12(25,26)27)13(28,29)30/h6H,1-5H2. The molecule has 1 atom stereocenters. The van der Waals surface area contributed by atoms with Crippen LogP contribution in [0.1, 0.15) is 32.1 Å². The van der Waals surface area contributed by atoms with E-state index in [1.165, 1.54) is 0 Å². The molecule has 0 aromatic heterocycles. The average molecular weight is 490 g/mol. The molecule has 0 amide bonds. The number of hydrogen-bond donors (Lipinski definition) is 0. The third-order valence-electron chi connectivity index (χ3n) is 4.11. The van der Waals surface area contributed by atoms with Crippen molar-refractivity contribution in [3.8, 4) is 0 Å². The summed E-state index contributed by atoms with van der Waals surface area (Å²) < 4.78 is 213. The molecule has 0 bridgehead atoms. The summed E-state index contributed by atoms with van der Waals surface area (Å²) in [7, 11) is 0. The molecule has 0 spiro atoms. The normalized spacial score (nSPS) is 16.7. The maximum absolute atomic E-state index is 13.5. The minimum atomic E-state index is -6.85. The minimum absolute atomic E-state index is 1.51. The summed E-state index contributed by atoms with van der Waals surface area (Å²) in [5.74, 6) is -3.74. The highest BCUT2D eigenvalue weighted by molar-refractivity contribution is 4.98. The Kier molecular flexibility index (Phi) is 8.06. The fraction of sp³-hybridized carbons (Fsp3) is 1.00. The Morgan fingerprint density at radius 3 is 1.03 bits per heavy atom. The van der Waals surface area contributed by atoms with Crippen molar-refractivity contribution in [2.45, 2.75) is 74.3 Å². The van der Waals surface area contributed by atoms with Gasteiger partial charge < -0.3 is 0 Å². The van der Waals surface area contributed by atoms with Gasteiger partial charge in [-0.25, -0.2) is 8.78 Å². The zero-order valence-corrected chi connectivity index (χ0v) is 14.0. The summed E-state index contributed by atoms with van der Waals surface area (Å²) in [5, 5.41) is 0. The molecule has 0 heterocycles. The lowest BCUT2D eigenvalue weighted by molar-refractivity contribution is -0.352. The molecule has 0 fully saturated rings. The summed E-state index contributed by atoms with van der Waals surface area (Å²) in [6.45, 7) is 0. The Morgan fingerprint density at radius 1 is 0.433 bits per heavy atom. The van der Waals surface area contributed by atoms with Gasteiger partial charge in [0.15, 0.2) is 0 Å². The van der Waals surface area contributed by atoms with Crippen molar-refractivity contribution in [2.75, 3.05) is 0 Å². The summed E-state index contributed by atoms with van der Waals surface area (Å²) in [4.78, 5) is 0. The molecule has 0 aliphatic heterocycles. The number of halogens is 17. The van der Waals surface area contributed by atoms with Gasteiger partial charge in [-0.3, -0.25) is 0 Å². The monoisotopic (exact) mass is 490 g/mol. The molecule has 0 aliphatic rings. The first-order valence-corrected chi connectivity index (χ1v) is 7.52. The second kappa shape index (κ2) is 8.39. The summed E-state index contributed by atoms with van der Waals surface area (Å²) >= 11 is 0. The van der Waals surface area contributed by atoms with E-state index in [1.807, 2.05) is 0 Å². The number of rotatable bonds is 7. The van der Waals surface area contributed by atoms with Gasteiger partial charge in [0.1, 0.15) is 0 Å². The summed E-state index contributed by atoms with van der Waals surface area (Å²) in [6.07, 6.45) is -43.5. The van der Waals surface area contributed by atoms with Crippen LogP contribution in [0, 0.1) is 5.92 Å². The largest absolute Gasteiger partial charge is 0.431 e. The van der Waals surface area contributed by atoms with Crippen LogP contribution in [0.25, 0.3) is 0 Å². The topological polar surface area (TPSA) is 0 Å². The molecule has 0 rings (SSSR count). The van der Waals surface area contributed by atoms with E-state index in [1.54, 1.807) is 0 Å². The SMILES string of the molecule is FC(F)(F)C(CCCCC(F)(C(F)(F)F)C(F)(F)F)CC(F)(C(F)(F)F)C(F)(F)F. The van der Waals surface area contributed by atoms with E-state index in [-0.39, 0.29) is 0 Å². The third-order valence-corrected chi connectivity index (χ3v) is 4.11. The predicted octanol–water partition coefficient (Wildman–Crippen LogP) is 7.78. The second-order valence-corrected chi connectivity index (χ2v) is 6.28. The maximum atomic E-state index is 13.5. The zero-order chi connectivity index (χ0) is 24.6. The van der Waals surface area contributed by atoms with E-state index in [9.17, 15) is 74.6 Å². The Bertz CT molecular complexity index is 514. The van der Waals surface area contributed by atoms with Crippen LogP contribution < -0.4 is 0 Å². The summed E-state index contributed by atoms with van der Waals surface area (Å²) in [5.41, 5.74) is -12.2. The van der Waals surface area contributed by atoms with Gasteiger partial charge in [0.2, 0.25) is 0 Å². The summed E-state index contributed by atoms with van der Waals surface area (Å²) in [6, 6.07) is 0. The van der Waals surface area contributed by atoms with Gasteiger partial charge in [-0.05, 0) is 19.3 Å². The van der Waals surface area contributed by atoms with E-state index in [0.717, 1.165) is 0 Å². The molecule has 0 nitrogen and oxygen atoms in total. The number of alkyl halides is 17. The first-order chi connectivity index (χ1) is 12.8. The van der Waals surface area contributed by atoms with Crippen LogP contribution in [0.3, 0.4) is 0 Å². The van der Waals surface area contributed by atoms with Crippen molar-refractivity contribution < 1.29 is 74.6 Å². The molecule has 182 valence electrons. The molecule has 30 heavy (non-hydrogen) atoms. The van der Waals surface area contributed by atoms with Gasteiger partial charge in [0.05, 0.1) is 5.92 Å². The molecule has 0 saturated carbocycles. The van der Waals surface area contributed by atoms with Crippen LogP contribution in [0.15, 0.2) is 0 Å². The van der Waals surface area contributed by atoms with E-state index in [4.69, 9.17) is 0 Å². The van der Waals surface area contributed by atoms with E-state index in [2.05, 4.69) is 0 Å². The van der Waals surface area contributed by atoms with Crippen molar-refractivity contribution in [2.24, 2.45) is 5.92 Å². The highest BCUT2D eigenvalue weighted by Gasteiger charge is 2.74. The quantitative estimate of drug-likeness (QED) is 0.253. The Labute approximate surface area is 156 Å². The van der Waals surface area contributed by atoms with Gasteiger partial charge in [-0.15, -0.1) is 0 Å². The third kappa shape index (κ3) is 6.17. The van der Waals surface area contributed by atoms with Crippen LogP contribution in [-0.2, 0) is 0 Å². The Balaban J connectivity index is 5.48. The molecular weight excluding hydrogens is 479 g/mol. The van der Waals surface area contributed by atoms with E-state index < -0.39 is 80.2 Å². The predicted molar refractivity (Wildman–Crippen MR) is 64.5 cm³/mol. The van der Waals surface area contributed by atoms with Crippen molar-refractivity contribution >= 4 is 0 Å². The lowest BCUT2D eigenvalue weighted by atomic mass is 9.86. The minimum Gasteiger partial charge on any atom is -0.224 e. The van der Waals surface area contributed by atoms with E-state index >= 15 is 0 Å². The van der Waals surface area contributed by atoms with Gasteiger partial charge >= 0.3 is 30.9 Å². The van der Waals surface area contributed by atoms with Crippen LogP contribution >= 0.6 is 0 Å². The van der Waals surface area contributed by atoms with Crippen molar-refractivity contribution in [1.82, 2.24) is 0 Å². The second-order valence-electron chi connectivity index (χ2n) is 6.28. The molecule has 1 unspecified atom stereocenters. The Morgan fingerprint density at radius 2 is 0.767 bits per heavy atom. The van der Waals surface area contributed by atoms with Crippen LogP contribution in [0.5, 0.6) is 0 Å². The van der Waals surface area contributed by atoms with Gasteiger partial charge in [-0.2, -0.15) is 65.9 Å². The molecule has 0 saturated heterocycles. The molecular formula is C13H11F17. The van der Waals surface area contributed by atoms with Crippen LogP contribution in [-0.4, -0.2) is 42.2 Å². The van der Waals surface area contributed by atoms with E-state index in [0.29, 0.717) is 0 Å². The molecule has 0 aromatic carbocycles. The average Bonchev–Trinajstić information content (AvgIpc) is 2.43. The molecule has 0 N–H and O–H groups in total. The highest BCUT2D eigenvalue weighted by Crippen LogP contribution is 2.53. The first-order valence-electron chi connectivity index (χ1n) is 7.52. The smallest absolute Gasteiger partial charge is 0.224 e. The fourth-order valence-corrected chi connectivity index (χ4v) is 2.32. The lowest BCUT2D eigenvalue weighted by Gasteiger charge is -2.34. The highest BCUT2D eigenvalue weighted by atomic mass is 19.4. The maximum Gasteiger partial charge on any atom is 0.431 e. The van der Waals surface area contributed by atoms with Crippen molar-refractivity contribution in [1.29, 1.82) is 0 Å². The lowest BCUT2D eigenvalue weighted by Crippen LogP contribution is -2.55. The van der Waals surface area contributed by atoms with Gasteiger partial charge in [0.25, 0.3) is 11.3 Å². The van der Waals surface area contributed by atoms with Crippen molar-refractivity contribution in [3.63, 3.8) is 0 Å². The zero-order valence-electron chi connectivity index (χ0n) is 14.0. The first kappa shape index (κ1) is 28.8. The van der Waals surface area contributed by atoms with Crippen LogP contribution in [0.2, 0.25) is 0 Å². The molecule has 17 heteroatoms. The molecule has 0 radical (unpaired) electrons. The fourth-order valence-electron chi connectivity index (χ4n) is 2.32. The van der Waals surface area contributed by atoms with Gasteiger partial charge in [-0.1, -0.05) is 6.42 Å². The molecule has 0 aromatic rings. The Hall–Kier alpha value is -1.19. The number of unbranched alkanes of at least 4 members (excludes halogenated alkanes) is 1.